The summed E-state index contributed by atoms with van der Waals surface area (Å²) in [5.41, 5.74) is 2.36. The third-order valence-electron chi connectivity index (χ3n) is 3.81. The molecule has 0 amide bonds. The lowest BCUT2D eigenvalue weighted by Gasteiger charge is -2.21. The molecule has 3 rings (SSSR count). The molecule has 1 aromatic heterocycles. The second kappa shape index (κ2) is 9.30. The maximum Gasteiger partial charge on any atom is 0.334 e. The quantitative estimate of drug-likeness (QED) is 0.574. The van der Waals surface area contributed by atoms with Crippen molar-refractivity contribution in [2.45, 2.75) is 13.1 Å². The van der Waals surface area contributed by atoms with Crippen LogP contribution in [-0.4, -0.2) is 36.1 Å². The van der Waals surface area contributed by atoms with E-state index in [2.05, 4.69) is 49.9 Å². The summed E-state index contributed by atoms with van der Waals surface area (Å²) in [5.74, 6) is 1.84. The Morgan fingerprint density at radius 1 is 0.667 bits per heavy atom. The maximum atomic E-state index is 4.57. The molecule has 27 heavy (non-hydrogen) atoms. The van der Waals surface area contributed by atoms with Crippen molar-refractivity contribution in [1.82, 2.24) is 19.4 Å². The van der Waals surface area contributed by atoms with Crippen LogP contribution in [0.15, 0.2) is 60.7 Å². The third kappa shape index (κ3) is 6.20. The number of nitrogens with zero attached hydrogens (tertiary/aromatic N) is 4. The molecule has 0 atom stereocenters. The van der Waals surface area contributed by atoms with E-state index >= 15 is 0 Å². The molecule has 0 unspecified atom stereocenters. The number of hydrogen-bond donors (Lipinski definition) is 2. The van der Waals surface area contributed by atoms with Crippen molar-refractivity contribution in [3.8, 4) is 0 Å². The monoisotopic (exact) mass is 384 g/mol. The number of quaternary nitrogens is 1. The highest BCUT2D eigenvalue weighted by Crippen LogP contribution is 2.16. The lowest BCUT2D eigenvalue weighted by atomic mass is 10.2. The fourth-order valence-corrected chi connectivity index (χ4v) is 2.38. The van der Waals surface area contributed by atoms with Crippen molar-refractivity contribution in [3.63, 3.8) is 0 Å². The number of aromatic nitrogens is 3. The largest absolute Gasteiger partial charge is 1.00 e. The topological polar surface area (TPSA) is 62.7 Å². The van der Waals surface area contributed by atoms with Gasteiger partial charge in [-0.05, 0) is 11.1 Å². The molecular formula is C20H25ClN6. The zero-order valence-corrected chi connectivity index (χ0v) is 16.6. The fraction of sp³-hybridized carbons (Fsp3) is 0.250. The number of hydrogen-bond acceptors (Lipinski definition) is 5. The van der Waals surface area contributed by atoms with E-state index in [0.29, 0.717) is 35.4 Å². The molecule has 142 valence electrons. The number of benzene rings is 2. The Balaban J connectivity index is 0.00000261. The van der Waals surface area contributed by atoms with Crippen molar-refractivity contribution in [2.24, 2.45) is 0 Å². The summed E-state index contributed by atoms with van der Waals surface area (Å²) in [6.45, 7) is 1.33. The van der Waals surface area contributed by atoms with Crippen LogP contribution in [0.1, 0.15) is 11.1 Å². The normalized spacial score (nSPS) is 10.8. The molecule has 1 heterocycles. The van der Waals surface area contributed by atoms with Gasteiger partial charge in [0.05, 0.1) is 21.1 Å². The molecule has 3 aromatic rings. The summed E-state index contributed by atoms with van der Waals surface area (Å²) in [6, 6.07) is 20.4. The van der Waals surface area contributed by atoms with Gasteiger partial charge >= 0.3 is 5.95 Å². The van der Waals surface area contributed by atoms with E-state index < -0.39 is 0 Å². The molecule has 6 nitrogen and oxygen atoms in total. The zero-order chi connectivity index (χ0) is 18.4. The minimum absolute atomic E-state index is 0. The minimum atomic E-state index is 0. The van der Waals surface area contributed by atoms with Gasteiger partial charge in [0.15, 0.2) is 0 Å². The Bertz CT molecular complexity index is 772. The molecular weight excluding hydrogens is 360 g/mol. The predicted molar refractivity (Wildman–Crippen MR) is 107 cm³/mol. The summed E-state index contributed by atoms with van der Waals surface area (Å²) in [6.07, 6.45) is 0. The van der Waals surface area contributed by atoms with Gasteiger partial charge in [-0.1, -0.05) is 60.7 Å². The van der Waals surface area contributed by atoms with E-state index in [1.165, 1.54) is 11.1 Å². The lowest BCUT2D eigenvalue weighted by molar-refractivity contribution is -0.00000579. The summed E-state index contributed by atoms with van der Waals surface area (Å²) < 4.78 is 0.516. The second-order valence-corrected chi connectivity index (χ2v) is 6.97. The first-order chi connectivity index (χ1) is 12.5. The van der Waals surface area contributed by atoms with E-state index in [-0.39, 0.29) is 12.4 Å². The highest BCUT2D eigenvalue weighted by molar-refractivity contribution is 5.42. The van der Waals surface area contributed by atoms with Crippen molar-refractivity contribution in [3.05, 3.63) is 71.8 Å². The molecule has 2 aromatic carbocycles. The van der Waals surface area contributed by atoms with Gasteiger partial charge in [-0.15, -0.1) is 9.97 Å². The molecule has 7 heteroatoms. The SMILES string of the molecule is C[N+](C)(C)c1nc(NCc2ccccc2)nc(NCc2ccccc2)n1.[Cl-]. The smallest absolute Gasteiger partial charge is 0.334 e. The van der Waals surface area contributed by atoms with E-state index in [9.17, 15) is 0 Å². The Morgan fingerprint density at radius 3 is 1.44 bits per heavy atom. The van der Waals surface area contributed by atoms with Gasteiger partial charge in [0.2, 0.25) is 11.9 Å². The van der Waals surface area contributed by atoms with Crippen LogP contribution in [0.3, 0.4) is 0 Å². The van der Waals surface area contributed by atoms with Gasteiger partial charge in [0.25, 0.3) is 0 Å². The van der Waals surface area contributed by atoms with Crippen molar-refractivity contribution >= 4 is 17.8 Å². The van der Waals surface area contributed by atoms with Crippen LogP contribution in [0, 0.1) is 0 Å². The van der Waals surface area contributed by atoms with Crippen LogP contribution >= 0.6 is 0 Å². The van der Waals surface area contributed by atoms with Gasteiger partial charge in [-0.3, -0.25) is 4.48 Å². The van der Waals surface area contributed by atoms with Crippen LogP contribution in [0.4, 0.5) is 17.8 Å². The summed E-state index contributed by atoms with van der Waals surface area (Å²) in [4.78, 5) is 13.7. The van der Waals surface area contributed by atoms with E-state index in [4.69, 9.17) is 0 Å². The molecule has 0 radical (unpaired) electrons. The summed E-state index contributed by atoms with van der Waals surface area (Å²) >= 11 is 0. The fourth-order valence-electron chi connectivity index (χ4n) is 2.38. The van der Waals surface area contributed by atoms with Crippen molar-refractivity contribution < 1.29 is 12.4 Å². The van der Waals surface area contributed by atoms with E-state index in [0.717, 1.165) is 0 Å². The minimum Gasteiger partial charge on any atom is -1.00 e. The third-order valence-corrected chi connectivity index (χ3v) is 3.81. The number of rotatable bonds is 7. The van der Waals surface area contributed by atoms with Crippen molar-refractivity contribution in [2.75, 3.05) is 31.8 Å². The number of halogens is 1. The van der Waals surface area contributed by atoms with Gasteiger partial charge < -0.3 is 23.0 Å². The second-order valence-electron chi connectivity index (χ2n) is 6.97. The molecule has 0 saturated carbocycles. The molecule has 0 saturated heterocycles. The highest BCUT2D eigenvalue weighted by atomic mass is 35.5. The Labute approximate surface area is 166 Å². The highest BCUT2D eigenvalue weighted by Gasteiger charge is 2.19. The van der Waals surface area contributed by atoms with Crippen LogP contribution in [0.5, 0.6) is 0 Å². The molecule has 0 bridgehead atoms. The van der Waals surface area contributed by atoms with Crippen molar-refractivity contribution in [1.29, 1.82) is 0 Å². The molecule has 0 aliphatic heterocycles. The average Bonchev–Trinajstić information content (AvgIpc) is 2.66. The van der Waals surface area contributed by atoms with Crippen LogP contribution in [0.25, 0.3) is 0 Å². The molecule has 0 aliphatic rings. The first-order valence-electron chi connectivity index (χ1n) is 8.64. The zero-order valence-electron chi connectivity index (χ0n) is 15.9. The molecule has 0 spiro atoms. The van der Waals surface area contributed by atoms with E-state index in [1.807, 2.05) is 57.5 Å². The Morgan fingerprint density at radius 2 is 1.07 bits per heavy atom. The van der Waals surface area contributed by atoms with Crippen LogP contribution < -0.4 is 27.5 Å². The molecule has 2 N–H and O–H groups in total. The standard InChI is InChI=1S/C20H25N6.ClH/c1-26(2,3)20-24-18(21-14-16-10-6-4-7-11-16)23-19(25-20)22-15-17-12-8-5-9-13-17;/h4-13H,14-15H2,1-3H3,(H2,21,22,23,24,25);1H/q+1;/p-1. The maximum absolute atomic E-state index is 4.57. The molecule has 0 fully saturated rings. The summed E-state index contributed by atoms with van der Waals surface area (Å²) in [5, 5.41) is 6.60. The average molecular weight is 385 g/mol. The van der Waals surface area contributed by atoms with Gasteiger partial charge in [0, 0.05) is 13.1 Å². The van der Waals surface area contributed by atoms with Crippen LogP contribution in [0.2, 0.25) is 0 Å². The molecule has 0 aliphatic carbocycles. The lowest BCUT2D eigenvalue weighted by Crippen LogP contribution is -3.00. The van der Waals surface area contributed by atoms with Gasteiger partial charge in [0.1, 0.15) is 0 Å². The van der Waals surface area contributed by atoms with Gasteiger partial charge in [-0.25, -0.2) is 0 Å². The summed E-state index contributed by atoms with van der Waals surface area (Å²) in [7, 11) is 6.12. The number of anilines is 2. The van der Waals surface area contributed by atoms with Gasteiger partial charge in [-0.2, -0.15) is 4.98 Å². The Hall–Kier alpha value is -2.70. The Kier molecular flexibility index (Phi) is 7.10. The van der Waals surface area contributed by atoms with Crippen LogP contribution in [-0.2, 0) is 13.1 Å². The van der Waals surface area contributed by atoms with E-state index in [1.54, 1.807) is 0 Å². The first kappa shape index (κ1) is 20.6. The number of nitrogens with one attached hydrogen (secondary N) is 2. The predicted octanol–water partition coefficient (Wildman–Crippen LogP) is 0.297. The first-order valence-corrected chi connectivity index (χ1v) is 8.64.